The molecule has 0 aromatic heterocycles. The van der Waals surface area contributed by atoms with Gasteiger partial charge in [-0.15, -0.1) is 0 Å². The van der Waals surface area contributed by atoms with E-state index in [0.717, 1.165) is 17.7 Å². The maximum atomic E-state index is 10.5. The zero-order valence-corrected chi connectivity index (χ0v) is 13.8. The van der Waals surface area contributed by atoms with E-state index in [1.807, 2.05) is 13.0 Å². The molecule has 0 heterocycles. The fourth-order valence-electron chi connectivity index (χ4n) is 1.97. The van der Waals surface area contributed by atoms with Crippen LogP contribution in [0.15, 0.2) is 17.2 Å². The predicted octanol–water partition coefficient (Wildman–Crippen LogP) is 3.93. The molecule has 2 N–H and O–H groups in total. The molecule has 1 aromatic carbocycles. The Hall–Kier alpha value is -1.51. The topological polar surface area (TPSA) is 44.6 Å². The highest BCUT2D eigenvalue weighted by atomic mass is 16.3. The number of phenols is 1. The highest BCUT2D eigenvalue weighted by molar-refractivity contribution is 5.84. The van der Waals surface area contributed by atoms with Crippen LogP contribution in [0.4, 0.5) is 0 Å². The van der Waals surface area contributed by atoms with Crippen molar-refractivity contribution in [3.8, 4) is 5.75 Å². The van der Waals surface area contributed by atoms with Crippen LogP contribution in [0, 0.1) is 0 Å². The van der Waals surface area contributed by atoms with E-state index in [4.69, 9.17) is 0 Å². The van der Waals surface area contributed by atoms with Gasteiger partial charge in [-0.25, -0.2) is 0 Å². The summed E-state index contributed by atoms with van der Waals surface area (Å²) in [5.41, 5.74) is 5.76. The van der Waals surface area contributed by atoms with E-state index in [9.17, 15) is 5.11 Å². The molecule has 1 aromatic rings. The van der Waals surface area contributed by atoms with E-state index in [0.29, 0.717) is 5.75 Å². The lowest BCUT2D eigenvalue weighted by atomic mass is 9.79. The summed E-state index contributed by atoms with van der Waals surface area (Å²) in [5, 5.41) is 14.6. The zero-order valence-electron chi connectivity index (χ0n) is 13.8. The fraction of sp³-hybridized carbons (Fsp3) is 0.588. The molecule has 3 heteroatoms. The smallest absolute Gasteiger partial charge is 0.128 e. The number of hydrogen-bond donors (Lipinski definition) is 2. The molecule has 0 bridgehead atoms. The van der Waals surface area contributed by atoms with Crippen molar-refractivity contribution in [1.82, 2.24) is 5.43 Å². The molecule has 20 heavy (non-hydrogen) atoms. The molecule has 0 saturated heterocycles. The number of hydrogen-bond acceptors (Lipinski definition) is 3. The molecule has 112 valence electrons. The summed E-state index contributed by atoms with van der Waals surface area (Å²) in [6, 6.07) is 4.13. The number of phenolic OH excluding ortho intramolecular Hbond substituents is 1. The third-order valence-corrected chi connectivity index (χ3v) is 3.27. The lowest BCUT2D eigenvalue weighted by Crippen LogP contribution is -2.17. The maximum Gasteiger partial charge on any atom is 0.128 e. The second-order valence-corrected chi connectivity index (χ2v) is 7.23. The number of benzene rings is 1. The van der Waals surface area contributed by atoms with Crippen molar-refractivity contribution in [2.75, 3.05) is 6.54 Å². The largest absolute Gasteiger partial charge is 0.507 e. The van der Waals surface area contributed by atoms with Crippen molar-refractivity contribution < 1.29 is 5.11 Å². The third-order valence-electron chi connectivity index (χ3n) is 3.27. The molecule has 0 aliphatic rings. The summed E-state index contributed by atoms with van der Waals surface area (Å²) >= 11 is 0. The minimum Gasteiger partial charge on any atom is -0.507 e. The highest BCUT2D eigenvalue weighted by Crippen LogP contribution is 2.36. The van der Waals surface area contributed by atoms with Crippen molar-refractivity contribution in [1.29, 1.82) is 0 Å². The molecular formula is C17H28N2O. The lowest BCUT2D eigenvalue weighted by molar-refractivity contribution is 0.444. The monoisotopic (exact) mass is 276 g/mol. The lowest BCUT2D eigenvalue weighted by Gasteiger charge is -2.26. The van der Waals surface area contributed by atoms with Crippen LogP contribution in [0.2, 0.25) is 0 Å². The van der Waals surface area contributed by atoms with Gasteiger partial charge in [0.1, 0.15) is 5.75 Å². The Morgan fingerprint density at radius 3 is 2.15 bits per heavy atom. The van der Waals surface area contributed by atoms with Crippen molar-refractivity contribution in [2.45, 2.75) is 59.3 Å². The first-order valence-corrected chi connectivity index (χ1v) is 7.21. The molecule has 3 nitrogen and oxygen atoms in total. The van der Waals surface area contributed by atoms with Crippen molar-refractivity contribution >= 4 is 6.21 Å². The minimum atomic E-state index is -0.105. The van der Waals surface area contributed by atoms with Crippen LogP contribution in [0.1, 0.15) is 65.2 Å². The molecule has 0 aliphatic carbocycles. The van der Waals surface area contributed by atoms with E-state index >= 15 is 0 Å². The normalized spacial score (nSPS) is 12.9. The van der Waals surface area contributed by atoms with E-state index < -0.39 is 0 Å². The number of hydrazone groups is 1. The first kappa shape index (κ1) is 16.5. The molecule has 0 saturated carbocycles. The minimum absolute atomic E-state index is 0.0362. The number of nitrogens with zero attached hydrogens (tertiary/aromatic N) is 1. The van der Waals surface area contributed by atoms with Crippen molar-refractivity contribution in [2.24, 2.45) is 5.10 Å². The average molecular weight is 276 g/mol. The van der Waals surface area contributed by atoms with E-state index in [2.05, 4.69) is 58.1 Å². The van der Waals surface area contributed by atoms with Crippen LogP contribution in [0.5, 0.6) is 5.75 Å². The number of nitrogens with one attached hydrogen (secondary N) is 1. The summed E-state index contributed by atoms with van der Waals surface area (Å²) in [6.07, 6.45) is 1.70. The molecule has 0 unspecified atom stereocenters. The quantitative estimate of drug-likeness (QED) is 0.649. The van der Waals surface area contributed by atoms with Crippen LogP contribution in [0.3, 0.4) is 0 Å². The summed E-state index contributed by atoms with van der Waals surface area (Å²) in [7, 11) is 0. The van der Waals surface area contributed by atoms with Gasteiger partial charge in [-0.1, -0.05) is 47.6 Å². The SMILES string of the molecule is CCNN=Cc1cc(C(C)(C)C)cc(C(C)(C)C)c1O. The summed E-state index contributed by atoms with van der Waals surface area (Å²) in [4.78, 5) is 0. The zero-order chi connectivity index (χ0) is 15.6. The van der Waals surface area contributed by atoms with Crippen LogP contribution in [0.25, 0.3) is 0 Å². The summed E-state index contributed by atoms with van der Waals surface area (Å²) in [5.74, 6) is 0.326. The maximum absolute atomic E-state index is 10.5. The van der Waals surface area contributed by atoms with Crippen molar-refractivity contribution in [3.05, 3.63) is 28.8 Å². The van der Waals surface area contributed by atoms with Gasteiger partial charge >= 0.3 is 0 Å². The van der Waals surface area contributed by atoms with E-state index in [1.165, 1.54) is 5.56 Å². The number of rotatable bonds is 3. The van der Waals surface area contributed by atoms with Crippen LogP contribution in [-0.2, 0) is 10.8 Å². The Bertz CT molecular complexity index is 491. The molecule has 0 amide bonds. The molecule has 1 rings (SSSR count). The van der Waals surface area contributed by atoms with Gasteiger partial charge in [-0.3, -0.25) is 0 Å². The molecule has 0 spiro atoms. The van der Waals surface area contributed by atoms with Gasteiger partial charge in [0.2, 0.25) is 0 Å². The highest BCUT2D eigenvalue weighted by Gasteiger charge is 2.24. The first-order valence-electron chi connectivity index (χ1n) is 7.21. The van der Waals surface area contributed by atoms with Crippen LogP contribution >= 0.6 is 0 Å². The molecule has 0 aliphatic heterocycles. The summed E-state index contributed by atoms with van der Waals surface area (Å²) in [6.45, 7) is 15.6. The van der Waals surface area contributed by atoms with Gasteiger partial charge in [-0.2, -0.15) is 5.10 Å². The standard InChI is InChI=1S/C17H28N2O/c1-8-18-19-11-12-9-13(16(2,3)4)10-14(15(12)20)17(5,6)7/h9-11,18,20H,8H2,1-7H3. The average Bonchev–Trinajstić information content (AvgIpc) is 2.28. The Morgan fingerprint density at radius 2 is 1.70 bits per heavy atom. The van der Waals surface area contributed by atoms with Gasteiger partial charge in [0.15, 0.2) is 0 Å². The Kier molecular flexibility index (Phi) is 4.85. The fourth-order valence-corrected chi connectivity index (χ4v) is 1.97. The Labute approximate surface area is 123 Å². The van der Waals surface area contributed by atoms with Gasteiger partial charge < -0.3 is 10.5 Å². The third kappa shape index (κ3) is 3.99. The molecule has 0 fully saturated rings. The first-order chi connectivity index (χ1) is 9.07. The van der Waals surface area contributed by atoms with Crippen LogP contribution in [-0.4, -0.2) is 17.9 Å². The van der Waals surface area contributed by atoms with E-state index in [1.54, 1.807) is 6.21 Å². The second-order valence-electron chi connectivity index (χ2n) is 7.23. The predicted molar refractivity (Wildman–Crippen MR) is 86.8 cm³/mol. The molecule has 0 radical (unpaired) electrons. The van der Waals surface area contributed by atoms with Gasteiger partial charge in [0.05, 0.1) is 6.21 Å². The second kappa shape index (κ2) is 5.86. The molecule has 0 atom stereocenters. The summed E-state index contributed by atoms with van der Waals surface area (Å²) < 4.78 is 0. The Morgan fingerprint density at radius 1 is 1.10 bits per heavy atom. The number of aromatic hydroxyl groups is 1. The van der Waals surface area contributed by atoms with Crippen LogP contribution < -0.4 is 5.43 Å². The van der Waals surface area contributed by atoms with E-state index in [-0.39, 0.29) is 10.8 Å². The van der Waals surface area contributed by atoms with Gasteiger partial charge in [0, 0.05) is 17.7 Å². The van der Waals surface area contributed by atoms with Gasteiger partial charge in [-0.05, 0) is 29.4 Å². The van der Waals surface area contributed by atoms with Gasteiger partial charge in [0.25, 0.3) is 0 Å². The van der Waals surface area contributed by atoms with Crippen molar-refractivity contribution in [3.63, 3.8) is 0 Å². The molecular weight excluding hydrogens is 248 g/mol. The Balaban J connectivity index is 3.43.